The zero-order valence-corrected chi connectivity index (χ0v) is 15.0. The Bertz CT molecular complexity index is 840. The molecule has 26 heavy (non-hydrogen) atoms. The SMILES string of the molecule is O=C1CC(NC(=O)c2ccc(Cl)cc2Oc2c(F)cccc2Cl)CCN1. The Labute approximate surface area is 159 Å². The third-order valence-electron chi connectivity index (χ3n) is 3.90. The lowest BCUT2D eigenvalue weighted by Crippen LogP contribution is -2.45. The summed E-state index contributed by atoms with van der Waals surface area (Å²) in [5, 5.41) is 5.88. The van der Waals surface area contributed by atoms with Gasteiger partial charge in [-0.15, -0.1) is 0 Å². The maximum atomic E-state index is 14.0. The van der Waals surface area contributed by atoms with E-state index in [-0.39, 0.29) is 40.5 Å². The standard InChI is InChI=1S/C18H15Cl2FN2O3/c19-10-4-5-12(18(25)23-11-6-7-22-16(24)9-11)15(8-10)26-17-13(20)2-1-3-14(17)21/h1-5,8,11H,6-7,9H2,(H,22,24)(H,23,25). The number of ether oxygens (including phenoxy) is 1. The fourth-order valence-corrected chi connectivity index (χ4v) is 2.99. The minimum Gasteiger partial charge on any atom is -0.452 e. The molecule has 8 heteroatoms. The molecular formula is C18H15Cl2FN2O3. The van der Waals surface area contributed by atoms with Crippen LogP contribution in [0.25, 0.3) is 0 Å². The van der Waals surface area contributed by atoms with E-state index in [1.54, 1.807) is 0 Å². The van der Waals surface area contributed by atoms with E-state index in [0.717, 1.165) is 0 Å². The summed E-state index contributed by atoms with van der Waals surface area (Å²) in [5.74, 6) is -1.34. The maximum Gasteiger partial charge on any atom is 0.255 e. The molecule has 2 N–H and O–H groups in total. The van der Waals surface area contributed by atoms with Gasteiger partial charge in [0.15, 0.2) is 11.6 Å². The summed E-state index contributed by atoms with van der Waals surface area (Å²) in [6, 6.07) is 8.26. The van der Waals surface area contributed by atoms with Gasteiger partial charge in [0.05, 0.1) is 10.6 Å². The molecule has 0 radical (unpaired) electrons. The number of hydrogen-bond acceptors (Lipinski definition) is 3. The van der Waals surface area contributed by atoms with Crippen molar-refractivity contribution in [3.8, 4) is 11.5 Å². The molecule has 1 aliphatic rings. The molecule has 1 fully saturated rings. The summed E-state index contributed by atoms with van der Waals surface area (Å²) in [5.41, 5.74) is 0.166. The number of para-hydroxylation sites is 1. The first-order chi connectivity index (χ1) is 12.4. The zero-order valence-electron chi connectivity index (χ0n) is 13.5. The summed E-state index contributed by atoms with van der Waals surface area (Å²) in [6.45, 7) is 0.499. The molecule has 1 saturated heterocycles. The molecule has 1 heterocycles. The minimum atomic E-state index is -0.659. The maximum absolute atomic E-state index is 14.0. The van der Waals surface area contributed by atoms with Crippen molar-refractivity contribution in [2.75, 3.05) is 6.54 Å². The molecule has 2 amide bonds. The van der Waals surface area contributed by atoms with E-state index in [4.69, 9.17) is 27.9 Å². The average molecular weight is 397 g/mol. The van der Waals surface area contributed by atoms with Crippen LogP contribution in [0.5, 0.6) is 11.5 Å². The van der Waals surface area contributed by atoms with Crippen LogP contribution in [-0.4, -0.2) is 24.4 Å². The fraction of sp³-hybridized carbons (Fsp3) is 0.222. The topological polar surface area (TPSA) is 67.4 Å². The molecule has 0 bridgehead atoms. The van der Waals surface area contributed by atoms with Crippen LogP contribution < -0.4 is 15.4 Å². The van der Waals surface area contributed by atoms with Crippen LogP contribution in [0, 0.1) is 5.82 Å². The van der Waals surface area contributed by atoms with Crippen molar-refractivity contribution in [2.45, 2.75) is 18.9 Å². The minimum absolute atomic E-state index is 0.0697. The van der Waals surface area contributed by atoms with Crippen LogP contribution >= 0.6 is 23.2 Å². The zero-order chi connectivity index (χ0) is 18.7. The van der Waals surface area contributed by atoms with Gasteiger partial charge in [-0.25, -0.2) is 4.39 Å². The van der Waals surface area contributed by atoms with E-state index in [1.807, 2.05) is 0 Å². The molecule has 1 unspecified atom stereocenters. The van der Waals surface area contributed by atoms with Crippen LogP contribution in [0.4, 0.5) is 4.39 Å². The van der Waals surface area contributed by atoms with Crippen molar-refractivity contribution < 1.29 is 18.7 Å². The molecule has 1 atom stereocenters. The van der Waals surface area contributed by atoms with Gasteiger partial charge in [0.25, 0.3) is 5.91 Å². The number of amides is 2. The molecule has 136 valence electrons. The Morgan fingerprint density at radius 1 is 1.27 bits per heavy atom. The van der Waals surface area contributed by atoms with Crippen molar-refractivity contribution >= 4 is 35.0 Å². The van der Waals surface area contributed by atoms with E-state index in [0.29, 0.717) is 18.0 Å². The van der Waals surface area contributed by atoms with Crippen LogP contribution in [0.1, 0.15) is 23.2 Å². The fourth-order valence-electron chi connectivity index (χ4n) is 2.63. The summed E-state index contributed by atoms with van der Waals surface area (Å²) < 4.78 is 19.5. The Morgan fingerprint density at radius 2 is 2.08 bits per heavy atom. The quantitative estimate of drug-likeness (QED) is 0.822. The van der Waals surface area contributed by atoms with E-state index < -0.39 is 11.7 Å². The van der Waals surface area contributed by atoms with E-state index in [1.165, 1.54) is 36.4 Å². The molecule has 0 aliphatic carbocycles. The molecule has 2 aromatic carbocycles. The largest absolute Gasteiger partial charge is 0.452 e. The van der Waals surface area contributed by atoms with Gasteiger partial charge in [0.1, 0.15) is 5.75 Å². The predicted molar refractivity (Wildman–Crippen MR) is 96.4 cm³/mol. The van der Waals surface area contributed by atoms with Gasteiger partial charge >= 0.3 is 0 Å². The van der Waals surface area contributed by atoms with Crippen molar-refractivity contribution in [3.63, 3.8) is 0 Å². The highest BCUT2D eigenvalue weighted by Gasteiger charge is 2.23. The first-order valence-corrected chi connectivity index (χ1v) is 8.68. The molecule has 3 rings (SSSR count). The Balaban J connectivity index is 1.86. The van der Waals surface area contributed by atoms with Gasteiger partial charge < -0.3 is 15.4 Å². The molecule has 0 saturated carbocycles. The third-order valence-corrected chi connectivity index (χ3v) is 4.43. The molecule has 0 spiro atoms. The van der Waals surface area contributed by atoms with Gasteiger partial charge in [0.2, 0.25) is 5.91 Å². The number of halogens is 3. The number of carbonyl (C=O) groups excluding carboxylic acids is 2. The Morgan fingerprint density at radius 3 is 2.81 bits per heavy atom. The van der Waals surface area contributed by atoms with E-state index in [9.17, 15) is 14.0 Å². The van der Waals surface area contributed by atoms with Crippen molar-refractivity contribution in [2.24, 2.45) is 0 Å². The molecule has 5 nitrogen and oxygen atoms in total. The predicted octanol–water partition coefficient (Wildman–Crippen LogP) is 3.93. The van der Waals surface area contributed by atoms with Gasteiger partial charge in [-0.05, 0) is 30.7 Å². The van der Waals surface area contributed by atoms with Gasteiger partial charge in [-0.2, -0.15) is 0 Å². The number of carbonyl (C=O) groups is 2. The second kappa shape index (κ2) is 7.93. The molecular weight excluding hydrogens is 382 g/mol. The smallest absolute Gasteiger partial charge is 0.255 e. The van der Waals surface area contributed by atoms with Crippen molar-refractivity contribution in [1.82, 2.24) is 10.6 Å². The normalized spacial score (nSPS) is 16.7. The highest BCUT2D eigenvalue weighted by Crippen LogP contribution is 2.34. The van der Waals surface area contributed by atoms with Crippen LogP contribution in [0.2, 0.25) is 10.0 Å². The lowest BCUT2D eigenvalue weighted by molar-refractivity contribution is -0.122. The lowest BCUT2D eigenvalue weighted by atomic mass is 10.1. The first kappa shape index (κ1) is 18.5. The number of nitrogens with one attached hydrogen (secondary N) is 2. The number of rotatable bonds is 4. The average Bonchev–Trinajstić information content (AvgIpc) is 2.58. The first-order valence-electron chi connectivity index (χ1n) is 7.93. The Kier molecular flexibility index (Phi) is 5.64. The second-order valence-electron chi connectivity index (χ2n) is 5.81. The molecule has 2 aromatic rings. The van der Waals surface area contributed by atoms with Crippen molar-refractivity contribution in [3.05, 3.63) is 57.8 Å². The summed E-state index contributed by atoms with van der Waals surface area (Å²) in [4.78, 5) is 24.1. The lowest BCUT2D eigenvalue weighted by Gasteiger charge is -2.23. The van der Waals surface area contributed by atoms with Crippen LogP contribution in [0.3, 0.4) is 0 Å². The number of benzene rings is 2. The summed E-state index contributed by atoms with van der Waals surface area (Å²) in [6.07, 6.45) is 0.828. The molecule has 1 aliphatic heterocycles. The van der Waals surface area contributed by atoms with Crippen LogP contribution in [-0.2, 0) is 4.79 Å². The highest BCUT2D eigenvalue weighted by atomic mass is 35.5. The van der Waals surface area contributed by atoms with Gasteiger partial charge in [-0.3, -0.25) is 9.59 Å². The third kappa shape index (κ3) is 4.26. The van der Waals surface area contributed by atoms with Gasteiger partial charge in [0, 0.05) is 30.1 Å². The monoisotopic (exact) mass is 396 g/mol. The Hall–Kier alpha value is -2.31. The van der Waals surface area contributed by atoms with Gasteiger partial charge in [-0.1, -0.05) is 29.3 Å². The van der Waals surface area contributed by atoms with E-state index >= 15 is 0 Å². The summed E-state index contributed by atoms with van der Waals surface area (Å²) in [7, 11) is 0. The van der Waals surface area contributed by atoms with Crippen molar-refractivity contribution in [1.29, 1.82) is 0 Å². The number of hydrogen-bond donors (Lipinski definition) is 2. The highest BCUT2D eigenvalue weighted by molar-refractivity contribution is 6.32. The number of piperidine rings is 1. The van der Waals surface area contributed by atoms with Crippen LogP contribution in [0.15, 0.2) is 36.4 Å². The second-order valence-corrected chi connectivity index (χ2v) is 6.65. The molecule has 0 aromatic heterocycles. The van der Waals surface area contributed by atoms with E-state index in [2.05, 4.69) is 10.6 Å². The summed E-state index contributed by atoms with van der Waals surface area (Å²) >= 11 is 12.0.